The van der Waals surface area contributed by atoms with Crippen LogP contribution in [0, 0.1) is 5.92 Å². The van der Waals surface area contributed by atoms with Crippen molar-refractivity contribution in [1.29, 1.82) is 0 Å². The summed E-state index contributed by atoms with van der Waals surface area (Å²) in [6, 6.07) is 13.8. The van der Waals surface area contributed by atoms with E-state index in [1.54, 1.807) is 4.90 Å². The maximum atomic E-state index is 12.8. The molecule has 0 spiro atoms. The average molecular weight is 405 g/mol. The Labute approximate surface area is 176 Å². The second kappa shape index (κ2) is 8.30. The third-order valence-corrected chi connectivity index (χ3v) is 6.23. The van der Waals surface area contributed by atoms with E-state index in [0.29, 0.717) is 37.9 Å². The number of piperidine rings is 1. The standard InChI is InChI=1S/C24H27N3O3/c1-2-22(28)27-14-11-20-15-19(7-8-21(20)27)16-3-5-18(6-4-16)24(30)26-12-9-17(10-13-26)23(25)29/h3-8,15,17H,2,9-14H2,1H3,(H2,25,29). The first kappa shape index (κ1) is 20.1. The number of nitrogens with two attached hydrogens (primary N) is 1. The van der Waals surface area contributed by atoms with Crippen molar-refractivity contribution in [3.8, 4) is 11.1 Å². The van der Waals surface area contributed by atoms with Crippen molar-refractivity contribution in [3.63, 3.8) is 0 Å². The summed E-state index contributed by atoms with van der Waals surface area (Å²) in [5.41, 5.74) is 10.3. The zero-order valence-corrected chi connectivity index (χ0v) is 17.3. The lowest BCUT2D eigenvalue weighted by Crippen LogP contribution is -2.41. The summed E-state index contributed by atoms with van der Waals surface area (Å²) in [5.74, 6) is -0.251. The van der Waals surface area contributed by atoms with Gasteiger partial charge in [-0.15, -0.1) is 0 Å². The maximum Gasteiger partial charge on any atom is 0.253 e. The summed E-state index contributed by atoms with van der Waals surface area (Å²) in [4.78, 5) is 39.8. The Morgan fingerprint density at radius 3 is 2.27 bits per heavy atom. The molecular weight excluding hydrogens is 378 g/mol. The van der Waals surface area contributed by atoms with Crippen LogP contribution >= 0.6 is 0 Å². The second-order valence-corrected chi connectivity index (χ2v) is 8.04. The molecule has 0 saturated carbocycles. The van der Waals surface area contributed by atoms with E-state index in [9.17, 15) is 14.4 Å². The molecule has 2 aliphatic heterocycles. The van der Waals surface area contributed by atoms with Crippen LogP contribution in [0.4, 0.5) is 5.69 Å². The molecule has 2 N–H and O–H groups in total. The SMILES string of the molecule is CCC(=O)N1CCc2cc(-c3ccc(C(=O)N4CCC(C(N)=O)CC4)cc3)ccc21. The highest BCUT2D eigenvalue weighted by molar-refractivity contribution is 5.96. The summed E-state index contributed by atoms with van der Waals surface area (Å²) >= 11 is 0. The molecule has 2 heterocycles. The number of amides is 3. The fourth-order valence-electron chi connectivity index (χ4n) is 4.39. The van der Waals surface area contributed by atoms with E-state index in [1.807, 2.05) is 48.2 Å². The van der Waals surface area contributed by atoms with Gasteiger partial charge in [0.1, 0.15) is 0 Å². The van der Waals surface area contributed by atoms with Crippen molar-refractivity contribution in [3.05, 3.63) is 53.6 Å². The predicted octanol–water partition coefficient (Wildman–Crippen LogP) is 2.99. The molecule has 156 valence electrons. The highest BCUT2D eigenvalue weighted by atomic mass is 16.2. The third-order valence-electron chi connectivity index (χ3n) is 6.23. The Hall–Kier alpha value is -3.15. The predicted molar refractivity (Wildman–Crippen MR) is 116 cm³/mol. The number of carbonyl (C=O) groups excluding carboxylic acids is 3. The van der Waals surface area contributed by atoms with Crippen molar-refractivity contribution in [2.45, 2.75) is 32.6 Å². The largest absolute Gasteiger partial charge is 0.369 e. The molecule has 2 aromatic carbocycles. The number of primary amides is 1. The van der Waals surface area contributed by atoms with E-state index in [2.05, 4.69) is 6.07 Å². The van der Waals surface area contributed by atoms with Crippen LogP contribution in [0.1, 0.15) is 42.1 Å². The van der Waals surface area contributed by atoms with E-state index in [4.69, 9.17) is 5.73 Å². The lowest BCUT2D eigenvalue weighted by atomic mass is 9.95. The van der Waals surface area contributed by atoms with Gasteiger partial charge in [0, 0.05) is 43.2 Å². The van der Waals surface area contributed by atoms with Gasteiger partial charge in [-0.05, 0) is 60.2 Å². The topological polar surface area (TPSA) is 83.7 Å². The molecule has 0 radical (unpaired) electrons. The Balaban J connectivity index is 1.46. The number of likely N-dealkylation sites (tertiary alicyclic amines) is 1. The smallest absolute Gasteiger partial charge is 0.253 e. The van der Waals surface area contributed by atoms with Crippen molar-refractivity contribution in [1.82, 2.24) is 4.90 Å². The molecule has 0 bridgehead atoms. The molecule has 1 saturated heterocycles. The lowest BCUT2D eigenvalue weighted by molar-refractivity contribution is -0.123. The van der Waals surface area contributed by atoms with Gasteiger partial charge in [0.15, 0.2) is 0 Å². The summed E-state index contributed by atoms with van der Waals surface area (Å²) in [7, 11) is 0. The van der Waals surface area contributed by atoms with E-state index >= 15 is 0 Å². The number of fused-ring (bicyclic) bond motifs is 1. The molecule has 6 nitrogen and oxygen atoms in total. The van der Waals surface area contributed by atoms with Crippen LogP contribution in [-0.4, -0.2) is 42.3 Å². The molecular formula is C24H27N3O3. The Bertz CT molecular complexity index is 976. The van der Waals surface area contributed by atoms with Crippen LogP contribution < -0.4 is 10.6 Å². The van der Waals surface area contributed by atoms with Crippen molar-refractivity contribution in [2.24, 2.45) is 11.7 Å². The normalized spacial score (nSPS) is 16.4. The molecule has 4 rings (SSSR count). The Kier molecular flexibility index (Phi) is 5.57. The number of carbonyl (C=O) groups is 3. The molecule has 0 aromatic heterocycles. The molecule has 2 aliphatic rings. The minimum Gasteiger partial charge on any atom is -0.369 e. The Morgan fingerprint density at radius 2 is 1.63 bits per heavy atom. The number of hydrogen-bond acceptors (Lipinski definition) is 3. The van der Waals surface area contributed by atoms with Crippen LogP contribution in [0.25, 0.3) is 11.1 Å². The first-order valence-electron chi connectivity index (χ1n) is 10.6. The molecule has 0 atom stereocenters. The minimum atomic E-state index is -0.275. The van der Waals surface area contributed by atoms with E-state index in [-0.39, 0.29) is 23.6 Å². The van der Waals surface area contributed by atoms with Crippen LogP contribution in [0.2, 0.25) is 0 Å². The van der Waals surface area contributed by atoms with E-state index in [0.717, 1.165) is 29.8 Å². The van der Waals surface area contributed by atoms with Crippen LogP contribution in [0.15, 0.2) is 42.5 Å². The monoisotopic (exact) mass is 405 g/mol. The number of rotatable bonds is 4. The van der Waals surface area contributed by atoms with Gasteiger partial charge in [-0.2, -0.15) is 0 Å². The molecule has 1 fully saturated rings. The fraction of sp³-hybridized carbons (Fsp3) is 0.375. The van der Waals surface area contributed by atoms with Gasteiger partial charge in [0.25, 0.3) is 5.91 Å². The van der Waals surface area contributed by atoms with Crippen LogP contribution in [-0.2, 0) is 16.0 Å². The highest BCUT2D eigenvalue weighted by Gasteiger charge is 2.27. The molecule has 0 unspecified atom stereocenters. The van der Waals surface area contributed by atoms with Crippen molar-refractivity contribution in [2.75, 3.05) is 24.5 Å². The van der Waals surface area contributed by atoms with Gasteiger partial charge in [0.2, 0.25) is 11.8 Å². The Morgan fingerprint density at radius 1 is 0.967 bits per heavy atom. The molecule has 30 heavy (non-hydrogen) atoms. The number of benzene rings is 2. The number of nitrogens with zero attached hydrogens (tertiary/aromatic N) is 2. The highest BCUT2D eigenvalue weighted by Crippen LogP contribution is 2.33. The minimum absolute atomic E-state index is 0.00727. The first-order valence-corrected chi connectivity index (χ1v) is 10.6. The first-order chi connectivity index (χ1) is 14.5. The summed E-state index contributed by atoms with van der Waals surface area (Å²) < 4.78 is 0. The van der Waals surface area contributed by atoms with Crippen molar-refractivity contribution >= 4 is 23.4 Å². The van der Waals surface area contributed by atoms with Gasteiger partial charge < -0.3 is 15.5 Å². The molecule has 3 amide bonds. The zero-order chi connectivity index (χ0) is 21.3. The second-order valence-electron chi connectivity index (χ2n) is 8.04. The van der Waals surface area contributed by atoms with Crippen LogP contribution in [0.3, 0.4) is 0 Å². The summed E-state index contributed by atoms with van der Waals surface area (Å²) in [6.07, 6.45) is 2.64. The third kappa shape index (κ3) is 3.82. The van der Waals surface area contributed by atoms with Gasteiger partial charge in [-0.25, -0.2) is 0 Å². The van der Waals surface area contributed by atoms with Gasteiger partial charge >= 0.3 is 0 Å². The van der Waals surface area contributed by atoms with E-state index in [1.165, 1.54) is 5.56 Å². The quantitative estimate of drug-likeness (QED) is 0.849. The van der Waals surface area contributed by atoms with E-state index < -0.39 is 0 Å². The van der Waals surface area contributed by atoms with Crippen molar-refractivity contribution < 1.29 is 14.4 Å². The van der Waals surface area contributed by atoms with Gasteiger partial charge in [-0.3, -0.25) is 14.4 Å². The summed E-state index contributed by atoms with van der Waals surface area (Å²) in [6.45, 7) is 3.75. The molecule has 0 aliphatic carbocycles. The van der Waals surface area contributed by atoms with Gasteiger partial charge in [0.05, 0.1) is 0 Å². The summed E-state index contributed by atoms with van der Waals surface area (Å²) in [5, 5.41) is 0. The van der Waals surface area contributed by atoms with Gasteiger partial charge in [-0.1, -0.05) is 25.1 Å². The average Bonchev–Trinajstić information content (AvgIpc) is 3.21. The molecule has 6 heteroatoms. The lowest BCUT2D eigenvalue weighted by Gasteiger charge is -2.30. The maximum absolute atomic E-state index is 12.8. The fourth-order valence-corrected chi connectivity index (χ4v) is 4.39. The van der Waals surface area contributed by atoms with Crippen LogP contribution in [0.5, 0.6) is 0 Å². The number of anilines is 1. The molecule has 2 aromatic rings. The zero-order valence-electron chi connectivity index (χ0n) is 17.3. The number of hydrogen-bond donors (Lipinski definition) is 1.